The van der Waals surface area contributed by atoms with Gasteiger partial charge in [0.05, 0.1) is 0 Å². The molecule has 3 amide bonds. The Morgan fingerprint density at radius 3 is 1.93 bits per heavy atom. The summed E-state index contributed by atoms with van der Waals surface area (Å²) in [6.07, 6.45) is -0.541. The number of hydrogen-bond donors (Lipinski definition) is 2. The summed E-state index contributed by atoms with van der Waals surface area (Å²) in [5, 5.41) is 5.44. The highest BCUT2D eigenvalue weighted by Gasteiger charge is 2.41. The van der Waals surface area contributed by atoms with Gasteiger partial charge in [-0.2, -0.15) is 0 Å². The lowest BCUT2D eigenvalue weighted by molar-refractivity contribution is -0.159. The molecule has 0 fully saturated rings. The predicted octanol–water partition coefficient (Wildman–Crippen LogP) is 5.57. The summed E-state index contributed by atoms with van der Waals surface area (Å²) in [6.45, 7) is 19.3. The molecule has 2 atom stereocenters. The maximum atomic E-state index is 14.4. The van der Waals surface area contributed by atoms with Crippen molar-refractivity contribution >= 4 is 23.9 Å². The van der Waals surface area contributed by atoms with Gasteiger partial charge >= 0.3 is 12.1 Å². The first kappa shape index (κ1) is 35.3. The van der Waals surface area contributed by atoms with Crippen molar-refractivity contribution in [3.05, 3.63) is 70.8 Å². The van der Waals surface area contributed by atoms with Crippen molar-refractivity contribution in [2.45, 2.75) is 111 Å². The molecule has 0 aliphatic carbocycles. The van der Waals surface area contributed by atoms with Gasteiger partial charge in [0.15, 0.2) is 0 Å². The Kier molecular flexibility index (Phi) is 11.5. The van der Waals surface area contributed by atoms with Crippen LogP contribution < -0.4 is 10.6 Å². The summed E-state index contributed by atoms with van der Waals surface area (Å²) in [4.78, 5) is 55.5. The Bertz CT molecular complexity index is 1290. The van der Waals surface area contributed by atoms with Crippen LogP contribution in [0.25, 0.3) is 0 Å². The highest BCUT2D eigenvalue weighted by atomic mass is 16.6. The van der Waals surface area contributed by atoms with Crippen LogP contribution >= 0.6 is 0 Å². The molecule has 0 saturated heterocycles. The number of esters is 1. The van der Waals surface area contributed by atoms with Crippen molar-refractivity contribution in [2.75, 3.05) is 6.54 Å². The Morgan fingerprint density at radius 2 is 1.40 bits per heavy atom. The molecule has 43 heavy (non-hydrogen) atoms. The fourth-order valence-electron chi connectivity index (χ4n) is 4.57. The molecule has 2 N–H and O–H groups in total. The number of alkyl carbamates (subject to hydrolysis) is 1. The maximum Gasteiger partial charge on any atom is 0.408 e. The molecule has 0 bridgehead atoms. The zero-order valence-electron chi connectivity index (χ0n) is 27.6. The number of ether oxygens (including phenoxy) is 2. The smallest absolute Gasteiger partial charge is 0.408 e. The number of carbonyl (C=O) groups is 4. The molecule has 0 aliphatic heterocycles. The van der Waals surface area contributed by atoms with Crippen LogP contribution in [0, 0.1) is 13.8 Å². The standard InChI is InChI=1S/C34H49N3O6/c1-22-17-18-23(2)25(19-22)28(37(32(3,4)5)27(38)21-35-31(41)43-34(9,10)11)29(39)36-26(30(40)42-33(6,7)8)20-24-15-13-12-14-16-24/h12-19,26,28H,20-21H2,1-11H3,(H,35,41)(H,36,39). The average Bonchev–Trinajstić information content (AvgIpc) is 2.84. The van der Waals surface area contributed by atoms with Gasteiger partial charge in [-0.25, -0.2) is 9.59 Å². The monoisotopic (exact) mass is 595 g/mol. The number of aryl methyl sites for hydroxylation is 2. The molecular formula is C34H49N3O6. The lowest BCUT2D eigenvalue weighted by atomic mass is 9.92. The van der Waals surface area contributed by atoms with E-state index in [-0.39, 0.29) is 13.0 Å². The molecule has 9 nitrogen and oxygen atoms in total. The Balaban J connectivity index is 2.56. The average molecular weight is 596 g/mol. The third-order valence-corrected chi connectivity index (χ3v) is 6.30. The van der Waals surface area contributed by atoms with E-state index >= 15 is 0 Å². The lowest BCUT2D eigenvalue weighted by Gasteiger charge is -2.42. The zero-order chi connectivity index (χ0) is 32.8. The minimum atomic E-state index is -1.12. The molecule has 0 radical (unpaired) electrons. The van der Waals surface area contributed by atoms with Crippen LogP contribution in [0.5, 0.6) is 0 Å². The van der Waals surface area contributed by atoms with E-state index in [2.05, 4.69) is 10.6 Å². The van der Waals surface area contributed by atoms with E-state index < -0.39 is 52.7 Å². The van der Waals surface area contributed by atoms with Crippen LogP contribution in [0.3, 0.4) is 0 Å². The van der Waals surface area contributed by atoms with Gasteiger partial charge in [-0.15, -0.1) is 0 Å². The molecule has 0 aromatic heterocycles. The molecule has 0 saturated carbocycles. The predicted molar refractivity (Wildman–Crippen MR) is 167 cm³/mol. The second kappa shape index (κ2) is 14.1. The lowest BCUT2D eigenvalue weighted by Crippen LogP contribution is -2.57. The number of carbonyl (C=O) groups excluding carboxylic acids is 4. The molecule has 2 aromatic rings. The van der Waals surface area contributed by atoms with Crippen molar-refractivity contribution in [2.24, 2.45) is 0 Å². The summed E-state index contributed by atoms with van der Waals surface area (Å²) >= 11 is 0. The van der Waals surface area contributed by atoms with Crippen molar-refractivity contribution in [1.82, 2.24) is 15.5 Å². The van der Waals surface area contributed by atoms with Crippen molar-refractivity contribution in [3.8, 4) is 0 Å². The van der Waals surface area contributed by atoms with Crippen LogP contribution in [-0.4, -0.2) is 58.1 Å². The molecule has 2 unspecified atom stereocenters. The number of amides is 3. The number of hydrogen-bond acceptors (Lipinski definition) is 6. The molecule has 2 aromatic carbocycles. The van der Waals surface area contributed by atoms with Gasteiger partial charge in [-0.05, 0) is 92.9 Å². The Hall–Kier alpha value is -3.88. The second-order valence-corrected chi connectivity index (χ2v) is 13.8. The second-order valence-electron chi connectivity index (χ2n) is 13.8. The summed E-state index contributed by atoms with van der Waals surface area (Å²) < 4.78 is 11.0. The third kappa shape index (κ3) is 11.4. The fraction of sp³-hybridized carbons (Fsp3) is 0.529. The van der Waals surface area contributed by atoms with Crippen molar-refractivity contribution < 1.29 is 28.7 Å². The van der Waals surface area contributed by atoms with E-state index in [0.717, 1.165) is 16.7 Å². The van der Waals surface area contributed by atoms with Crippen LogP contribution in [0.4, 0.5) is 4.79 Å². The van der Waals surface area contributed by atoms with Gasteiger partial charge in [0.2, 0.25) is 11.8 Å². The molecule has 9 heteroatoms. The molecule has 236 valence electrons. The number of benzene rings is 2. The summed E-state index contributed by atoms with van der Waals surface area (Å²) in [7, 11) is 0. The van der Waals surface area contributed by atoms with E-state index in [1.807, 2.05) is 83.1 Å². The molecule has 2 rings (SSSR count). The SMILES string of the molecule is Cc1ccc(C)c(C(C(=O)NC(Cc2ccccc2)C(=O)OC(C)(C)C)N(C(=O)CNC(=O)OC(C)(C)C)C(C)(C)C)c1. The van der Waals surface area contributed by atoms with Crippen LogP contribution in [-0.2, 0) is 30.3 Å². The summed E-state index contributed by atoms with van der Waals surface area (Å²) in [5.74, 6) is -1.61. The molecule has 0 heterocycles. The van der Waals surface area contributed by atoms with Gasteiger partial charge < -0.3 is 25.0 Å². The molecule has 0 aliphatic rings. The summed E-state index contributed by atoms with van der Waals surface area (Å²) in [6, 6.07) is 12.9. The maximum absolute atomic E-state index is 14.4. The van der Waals surface area contributed by atoms with E-state index in [1.54, 1.807) is 41.5 Å². The molecular weight excluding hydrogens is 546 g/mol. The highest BCUT2D eigenvalue weighted by molar-refractivity contribution is 5.93. The van der Waals surface area contributed by atoms with E-state index in [1.165, 1.54) is 4.90 Å². The highest BCUT2D eigenvalue weighted by Crippen LogP contribution is 2.32. The van der Waals surface area contributed by atoms with Crippen LogP contribution in [0.15, 0.2) is 48.5 Å². The first-order chi connectivity index (χ1) is 19.7. The van der Waals surface area contributed by atoms with Crippen molar-refractivity contribution in [3.63, 3.8) is 0 Å². The third-order valence-electron chi connectivity index (χ3n) is 6.30. The minimum Gasteiger partial charge on any atom is -0.458 e. The fourth-order valence-corrected chi connectivity index (χ4v) is 4.57. The van der Waals surface area contributed by atoms with Gasteiger partial charge in [-0.3, -0.25) is 9.59 Å². The number of nitrogens with one attached hydrogen (secondary N) is 2. The topological polar surface area (TPSA) is 114 Å². The minimum absolute atomic E-state index is 0.199. The molecule has 0 spiro atoms. The van der Waals surface area contributed by atoms with Crippen molar-refractivity contribution in [1.29, 1.82) is 0 Å². The van der Waals surface area contributed by atoms with Gasteiger partial charge in [-0.1, -0.05) is 54.1 Å². The van der Waals surface area contributed by atoms with Crippen LogP contribution in [0.1, 0.15) is 90.6 Å². The van der Waals surface area contributed by atoms with Gasteiger partial charge in [0.25, 0.3) is 0 Å². The number of nitrogens with zero attached hydrogens (tertiary/aromatic N) is 1. The zero-order valence-corrected chi connectivity index (χ0v) is 27.6. The number of rotatable bonds is 9. The Labute approximate surface area is 256 Å². The quantitative estimate of drug-likeness (QED) is 0.367. The van der Waals surface area contributed by atoms with Gasteiger partial charge in [0.1, 0.15) is 29.8 Å². The van der Waals surface area contributed by atoms with Crippen LogP contribution in [0.2, 0.25) is 0 Å². The largest absolute Gasteiger partial charge is 0.458 e. The van der Waals surface area contributed by atoms with E-state index in [4.69, 9.17) is 9.47 Å². The first-order valence-electron chi connectivity index (χ1n) is 14.6. The Morgan fingerprint density at radius 1 is 0.814 bits per heavy atom. The normalized spacial score (nSPS) is 13.4. The summed E-state index contributed by atoms with van der Waals surface area (Å²) in [5.41, 5.74) is 0.778. The van der Waals surface area contributed by atoms with E-state index in [0.29, 0.717) is 5.56 Å². The first-order valence-corrected chi connectivity index (χ1v) is 14.6. The van der Waals surface area contributed by atoms with Gasteiger partial charge in [0, 0.05) is 12.0 Å². The van der Waals surface area contributed by atoms with E-state index in [9.17, 15) is 19.2 Å².